The van der Waals surface area contributed by atoms with E-state index in [9.17, 15) is 5.11 Å². The first-order valence-corrected chi connectivity index (χ1v) is 5.48. The number of allylic oxidation sites excluding steroid dienone is 3. The van der Waals surface area contributed by atoms with Crippen LogP contribution in [0.2, 0.25) is 0 Å². The molecule has 6 unspecified atom stereocenters. The van der Waals surface area contributed by atoms with E-state index in [0.717, 1.165) is 5.92 Å². The zero-order valence-electron chi connectivity index (χ0n) is 8.21. The fourth-order valence-corrected chi connectivity index (χ4v) is 3.60. The van der Waals surface area contributed by atoms with E-state index < -0.39 is 0 Å². The van der Waals surface area contributed by atoms with E-state index >= 15 is 0 Å². The minimum atomic E-state index is -0.353. The van der Waals surface area contributed by atoms with Crippen LogP contribution in [-0.4, -0.2) is 11.2 Å². The average molecular weight is 188 g/mol. The van der Waals surface area contributed by atoms with Gasteiger partial charge in [0.1, 0.15) is 0 Å². The highest BCUT2D eigenvalue weighted by Crippen LogP contribution is 2.55. The molecule has 0 radical (unpaired) electrons. The summed E-state index contributed by atoms with van der Waals surface area (Å²) in [5.41, 5.74) is 0. The SMILES string of the molecule is C=CC(O)C1C=CC2C3C=CC(C3)C12. The second-order valence-corrected chi connectivity index (χ2v) is 4.79. The molecule has 0 saturated heterocycles. The molecule has 3 aliphatic rings. The van der Waals surface area contributed by atoms with Gasteiger partial charge in [-0.1, -0.05) is 30.4 Å². The lowest BCUT2D eigenvalue weighted by Gasteiger charge is -2.28. The molecular weight excluding hydrogens is 172 g/mol. The Morgan fingerprint density at radius 3 is 2.79 bits per heavy atom. The molecule has 0 aromatic heterocycles. The molecule has 6 atom stereocenters. The Labute approximate surface area is 84.8 Å². The van der Waals surface area contributed by atoms with E-state index in [4.69, 9.17) is 0 Å². The summed E-state index contributed by atoms with van der Waals surface area (Å²) in [4.78, 5) is 0. The van der Waals surface area contributed by atoms with Crippen LogP contribution in [0.15, 0.2) is 37.0 Å². The summed E-state index contributed by atoms with van der Waals surface area (Å²) >= 11 is 0. The van der Waals surface area contributed by atoms with E-state index in [0.29, 0.717) is 23.7 Å². The lowest BCUT2D eigenvalue weighted by molar-refractivity contribution is 0.127. The average Bonchev–Trinajstić information content (AvgIpc) is 2.87. The van der Waals surface area contributed by atoms with Crippen molar-refractivity contribution in [1.82, 2.24) is 0 Å². The fraction of sp³-hybridized carbons (Fsp3) is 0.538. The molecule has 0 amide bonds. The molecule has 2 bridgehead atoms. The zero-order chi connectivity index (χ0) is 9.71. The predicted molar refractivity (Wildman–Crippen MR) is 56.6 cm³/mol. The summed E-state index contributed by atoms with van der Waals surface area (Å²) < 4.78 is 0. The van der Waals surface area contributed by atoms with Gasteiger partial charge in [-0.15, -0.1) is 6.58 Å². The maximum atomic E-state index is 9.84. The van der Waals surface area contributed by atoms with E-state index in [1.165, 1.54) is 6.42 Å². The first-order valence-electron chi connectivity index (χ1n) is 5.48. The van der Waals surface area contributed by atoms with Gasteiger partial charge >= 0.3 is 0 Å². The Kier molecular flexibility index (Phi) is 1.72. The Hall–Kier alpha value is -0.820. The minimum Gasteiger partial charge on any atom is -0.388 e. The summed E-state index contributed by atoms with van der Waals surface area (Å²) in [6.07, 6.45) is 11.9. The Morgan fingerprint density at radius 2 is 2.00 bits per heavy atom. The van der Waals surface area contributed by atoms with Gasteiger partial charge in [0.15, 0.2) is 0 Å². The summed E-state index contributed by atoms with van der Waals surface area (Å²) in [7, 11) is 0. The molecule has 0 aliphatic heterocycles. The fourth-order valence-electron chi connectivity index (χ4n) is 3.60. The van der Waals surface area contributed by atoms with Crippen molar-refractivity contribution in [3.05, 3.63) is 37.0 Å². The second kappa shape index (κ2) is 2.83. The van der Waals surface area contributed by atoms with Crippen molar-refractivity contribution in [2.45, 2.75) is 12.5 Å². The van der Waals surface area contributed by atoms with E-state index in [2.05, 4.69) is 30.9 Å². The molecule has 1 heteroatoms. The molecule has 1 saturated carbocycles. The molecule has 0 aromatic rings. The van der Waals surface area contributed by atoms with Crippen LogP contribution in [0.5, 0.6) is 0 Å². The maximum Gasteiger partial charge on any atom is 0.0783 e. The number of aliphatic hydroxyl groups is 1. The van der Waals surface area contributed by atoms with Crippen LogP contribution in [0.4, 0.5) is 0 Å². The highest BCUT2D eigenvalue weighted by molar-refractivity contribution is 5.25. The van der Waals surface area contributed by atoms with Crippen LogP contribution in [0.25, 0.3) is 0 Å². The van der Waals surface area contributed by atoms with Gasteiger partial charge in [-0.25, -0.2) is 0 Å². The van der Waals surface area contributed by atoms with Gasteiger partial charge in [0, 0.05) is 5.92 Å². The molecule has 3 rings (SSSR count). The van der Waals surface area contributed by atoms with Crippen molar-refractivity contribution in [3.8, 4) is 0 Å². The van der Waals surface area contributed by atoms with Crippen LogP contribution in [-0.2, 0) is 0 Å². The van der Waals surface area contributed by atoms with Gasteiger partial charge in [0.2, 0.25) is 0 Å². The molecule has 14 heavy (non-hydrogen) atoms. The summed E-state index contributed by atoms with van der Waals surface area (Å²) in [6, 6.07) is 0. The summed E-state index contributed by atoms with van der Waals surface area (Å²) in [5.74, 6) is 3.13. The smallest absolute Gasteiger partial charge is 0.0783 e. The third-order valence-electron chi connectivity index (χ3n) is 4.22. The van der Waals surface area contributed by atoms with Crippen molar-refractivity contribution in [3.63, 3.8) is 0 Å². The second-order valence-electron chi connectivity index (χ2n) is 4.79. The van der Waals surface area contributed by atoms with Crippen molar-refractivity contribution < 1.29 is 5.11 Å². The lowest BCUT2D eigenvalue weighted by Crippen LogP contribution is -2.28. The molecule has 3 aliphatic carbocycles. The van der Waals surface area contributed by atoms with Crippen LogP contribution in [0.3, 0.4) is 0 Å². The first-order chi connectivity index (χ1) is 6.81. The highest BCUT2D eigenvalue weighted by atomic mass is 16.3. The first kappa shape index (κ1) is 8.49. The van der Waals surface area contributed by atoms with Gasteiger partial charge in [-0.3, -0.25) is 0 Å². The van der Waals surface area contributed by atoms with Crippen molar-refractivity contribution in [1.29, 1.82) is 0 Å². The van der Waals surface area contributed by atoms with Crippen molar-refractivity contribution in [2.24, 2.45) is 29.6 Å². The molecule has 0 spiro atoms. The molecule has 0 aromatic carbocycles. The molecule has 1 nitrogen and oxygen atoms in total. The topological polar surface area (TPSA) is 20.2 Å². The maximum absolute atomic E-state index is 9.84. The van der Waals surface area contributed by atoms with Gasteiger partial charge in [0.05, 0.1) is 6.10 Å². The number of aliphatic hydroxyl groups excluding tert-OH is 1. The van der Waals surface area contributed by atoms with Gasteiger partial charge < -0.3 is 5.11 Å². The van der Waals surface area contributed by atoms with Gasteiger partial charge in [-0.2, -0.15) is 0 Å². The van der Waals surface area contributed by atoms with Gasteiger partial charge in [-0.05, 0) is 30.1 Å². The third kappa shape index (κ3) is 0.936. The minimum absolute atomic E-state index is 0.317. The normalized spacial score (nSPS) is 49.6. The largest absolute Gasteiger partial charge is 0.388 e. The Morgan fingerprint density at radius 1 is 1.21 bits per heavy atom. The number of fused-ring (bicyclic) bond motifs is 5. The number of hydrogen-bond donors (Lipinski definition) is 1. The third-order valence-corrected chi connectivity index (χ3v) is 4.22. The molecule has 1 N–H and O–H groups in total. The van der Waals surface area contributed by atoms with E-state index in [1.54, 1.807) is 6.08 Å². The molecular formula is C13H16O. The highest BCUT2D eigenvalue weighted by Gasteiger charge is 2.49. The van der Waals surface area contributed by atoms with E-state index in [1.807, 2.05) is 0 Å². The number of hydrogen-bond acceptors (Lipinski definition) is 1. The predicted octanol–water partition coefficient (Wildman–Crippen LogP) is 2.16. The Bertz CT molecular complexity index is 315. The number of rotatable bonds is 2. The quantitative estimate of drug-likeness (QED) is 0.658. The van der Waals surface area contributed by atoms with Crippen molar-refractivity contribution in [2.75, 3.05) is 0 Å². The molecule has 74 valence electrons. The lowest BCUT2D eigenvalue weighted by atomic mass is 9.78. The molecule has 1 fully saturated rings. The monoisotopic (exact) mass is 188 g/mol. The standard InChI is InChI=1S/C13H16O/c1-2-12(14)11-6-5-10-8-3-4-9(7-8)13(10)11/h2-6,8-14H,1,7H2. The molecule has 0 heterocycles. The zero-order valence-corrected chi connectivity index (χ0v) is 8.21. The Balaban J connectivity index is 1.89. The van der Waals surface area contributed by atoms with Crippen LogP contribution >= 0.6 is 0 Å². The summed E-state index contributed by atoms with van der Waals surface area (Å²) in [6.45, 7) is 3.68. The van der Waals surface area contributed by atoms with Gasteiger partial charge in [0.25, 0.3) is 0 Å². The van der Waals surface area contributed by atoms with Crippen molar-refractivity contribution >= 4 is 0 Å². The van der Waals surface area contributed by atoms with Crippen LogP contribution < -0.4 is 0 Å². The summed E-state index contributed by atoms with van der Waals surface area (Å²) in [5, 5.41) is 9.84. The van der Waals surface area contributed by atoms with Crippen LogP contribution in [0.1, 0.15) is 6.42 Å². The van der Waals surface area contributed by atoms with Crippen LogP contribution in [0, 0.1) is 29.6 Å². The van der Waals surface area contributed by atoms with E-state index in [-0.39, 0.29) is 6.10 Å².